The van der Waals surface area contributed by atoms with E-state index in [2.05, 4.69) is 47.8 Å². The first kappa shape index (κ1) is 15.5. The molecule has 2 aromatic carbocycles. The van der Waals surface area contributed by atoms with E-state index in [0.29, 0.717) is 16.0 Å². The molecule has 0 amide bonds. The predicted octanol–water partition coefficient (Wildman–Crippen LogP) is 5.81. The molecule has 0 saturated carbocycles. The number of benzene rings is 2. The Morgan fingerprint density at radius 2 is 1.90 bits per heavy atom. The Kier molecular flexibility index (Phi) is 5.17. The topological polar surface area (TPSA) is 52.4 Å². The third-order valence-corrected chi connectivity index (χ3v) is 4.17. The van der Waals surface area contributed by atoms with Crippen molar-refractivity contribution < 1.29 is 9.66 Å². The highest BCUT2D eigenvalue weighted by Gasteiger charge is 2.11. The monoisotopic (exact) mass is 463 g/mol. The third kappa shape index (κ3) is 3.80. The largest absolute Gasteiger partial charge is 0.456 e. The number of rotatable bonds is 4. The van der Waals surface area contributed by atoms with Crippen LogP contribution in [0.5, 0.6) is 11.5 Å². The van der Waals surface area contributed by atoms with E-state index in [4.69, 9.17) is 4.74 Å². The van der Waals surface area contributed by atoms with E-state index in [1.54, 1.807) is 6.07 Å². The number of alkyl halides is 1. The number of ether oxygens (including phenoxy) is 1. The zero-order valence-electron chi connectivity index (χ0n) is 9.98. The van der Waals surface area contributed by atoms with Gasteiger partial charge in [0, 0.05) is 15.9 Å². The van der Waals surface area contributed by atoms with E-state index in [-0.39, 0.29) is 5.69 Å². The number of hydrogen-bond acceptors (Lipinski definition) is 3. The molecule has 0 radical (unpaired) electrons. The van der Waals surface area contributed by atoms with Gasteiger partial charge in [0.05, 0.1) is 15.5 Å². The van der Waals surface area contributed by atoms with Gasteiger partial charge in [0.2, 0.25) is 0 Å². The molecule has 0 spiro atoms. The lowest BCUT2D eigenvalue weighted by atomic mass is 10.2. The van der Waals surface area contributed by atoms with Crippen LogP contribution < -0.4 is 4.74 Å². The molecule has 0 unspecified atom stereocenters. The number of nitro benzene ring substituents is 1. The van der Waals surface area contributed by atoms with E-state index in [1.807, 2.05) is 18.2 Å². The Morgan fingerprint density at radius 1 is 1.15 bits per heavy atom. The fraction of sp³-hybridized carbons (Fsp3) is 0.0769. The summed E-state index contributed by atoms with van der Waals surface area (Å²) in [6.07, 6.45) is 0. The molecule has 0 aliphatic heterocycles. The fourth-order valence-electron chi connectivity index (χ4n) is 1.55. The molecular formula is C13H8Br3NO3. The average Bonchev–Trinajstić information content (AvgIpc) is 2.40. The van der Waals surface area contributed by atoms with Gasteiger partial charge < -0.3 is 4.74 Å². The number of hydrogen-bond donors (Lipinski definition) is 0. The van der Waals surface area contributed by atoms with Crippen LogP contribution in [0.4, 0.5) is 5.69 Å². The van der Waals surface area contributed by atoms with Crippen molar-refractivity contribution in [1.82, 2.24) is 0 Å². The highest BCUT2D eigenvalue weighted by Crippen LogP contribution is 2.34. The van der Waals surface area contributed by atoms with Gasteiger partial charge in [-0.1, -0.05) is 37.9 Å². The summed E-state index contributed by atoms with van der Waals surface area (Å²) in [4.78, 5) is 10.4. The summed E-state index contributed by atoms with van der Waals surface area (Å²) in [6, 6.07) is 10.1. The molecule has 104 valence electrons. The molecule has 0 bridgehead atoms. The van der Waals surface area contributed by atoms with Crippen LogP contribution in [-0.4, -0.2) is 4.92 Å². The van der Waals surface area contributed by atoms with Gasteiger partial charge >= 0.3 is 0 Å². The van der Waals surface area contributed by atoms with Gasteiger partial charge in [0.25, 0.3) is 5.69 Å². The summed E-state index contributed by atoms with van der Waals surface area (Å²) >= 11 is 10.0. The fourth-order valence-corrected chi connectivity index (χ4v) is 2.87. The predicted molar refractivity (Wildman–Crippen MR) is 87.6 cm³/mol. The molecule has 0 saturated heterocycles. The van der Waals surface area contributed by atoms with Crippen LogP contribution in [0, 0.1) is 10.1 Å². The second kappa shape index (κ2) is 6.69. The smallest absolute Gasteiger partial charge is 0.274 e. The first-order valence-electron chi connectivity index (χ1n) is 5.47. The maximum Gasteiger partial charge on any atom is 0.274 e. The van der Waals surface area contributed by atoms with Crippen molar-refractivity contribution in [1.29, 1.82) is 0 Å². The highest BCUT2D eigenvalue weighted by atomic mass is 79.9. The molecular weight excluding hydrogens is 458 g/mol. The van der Waals surface area contributed by atoms with Crippen LogP contribution in [0.3, 0.4) is 0 Å². The number of non-ortho nitro benzene ring substituents is 1. The van der Waals surface area contributed by atoms with Crippen LogP contribution in [-0.2, 0) is 5.33 Å². The molecule has 4 nitrogen and oxygen atoms in total. The third-order valence-electron chi connectivity index (χ3n) is 2.45. The highest BCUT2D eigenvalue weighted by molar-refractivity contribution is 9.11. The number of nitrogens with zero attached hydrogens (tertiary/aromatic N) is 1. The number of nitro groups is 1. The van der Waals surface area contributed by atoms with Crippen LogP contribution in [0.25, 0.3) is 0 Å². The lowest BCUT2D eigenvalue weighted by Crippen LogP contribution is -1.91. The van der Waals surface area contributed by atoms with Crippen LogP contribution in [0.2, 0.25) is 0 Å². The van der Waals surface area contributed by atoms with Gasteiger partial charge in [0.15, 0.2) is 0 Å². The summed E-state index contributed by atoms with van der Waals surface area (Å²) in [6.45, 7) is 0. The molecule has 7 heteroatoms. The van der Waals surface area contributed by atoms with Crippen molar-refractivity contribution in [2.75, 3.05) is 0 Å². The minimum Gasteiger partial charge on any atom is -0.456 e. The second-order valence-electron chi connectivity index (χ2n) is 3.90. The Bertz CT molecular complexity index is 661. The molecule has 0 atom stereocenters. The van der Waals surface area contributed by atoms with E-state index in [0.717, 1.165) is 15.4 Å². The Balaban J connectivity index is 2.32. The van der Waals surface area contributed by atoms with Gasteiger partial charge in [-0.05, 0) is 39.7 Å². The maximum absolute atomic E-state index is 10.8. The molecule has 0 N–H and O–H groups in total. The quantitative estimate of drug-likeness (QED) is 0.325. The minimum atomic E-state index is -0.458. The first-order valence-corrected chi connectivity index (χ1v) is 8.17. The average molecular weight is 466 g/mol. The standard InChI is InChI=1S/C13H8Br3NO3/c14-7-8-1-2-13(12(16)3-8)20-11-5-9(15)4-10(6-11)17(18)19/h1-6H,7H2. The summed E-state index contributed by atoms with van der Waals surface area (Å²) in [5.41, 5.74) is 1.08. The molecule has 2 aromatic rings. The zero-order valence-corrected chi connectivity index (χ0v) is 14.7. The van der Waals surface area contributed by atoms with Gasteiger partial charge in [0.1, 0.15) is 11.5 Å². The molecule has 2 rings (SSSR count). The Hall–Kier alpha value is -0.920. The van der Waals surface area contributed by atoms with Gasteiger partial charge in [-0.2, -0.15) is 0 Å². The lowest BCUT2D eigenvalue weighted by Gasteiger charge is -2.09. The number of halogens is 3. The van der Waals surface area contributed by atoms with Crippen LogP contribution in [0.15, 0.2) is 45.3 Å². The van der Waals surface area contributed by atoms with E-state index in [1.165, 1.54) is 12.1 Å². The van der Waals surface area contributed by atoms with Crippen molar-refractivity contribution in [3.05, 3.63) is 61.0 Å². The Morgan fingerprint density at radius 3 is 2.50 bits per heavy atom. The van der Waals surface area contributed by atoms with Gasteiger partial charge in [-0.3, -0.25) is 10.1 Å². The van der Waals surface area contributed by atoms with Crippen molar-refractivity contribution in [3.63, 3.8) is 0 Å². The molecule has 0 heterocycles. The normalized spacial score (nSPS) is 10.3. The van der Waals surface area contributed by atoms with E-state index in [9.17, 15) is 10.1 Å². The summed E-state index contributed by atoms with van der Waals surface area (Å²) in [7, 11) is 0. The van der Waals surface area contributed by atoms with Gasteiger partial charge in [-0.15, -0.1) is 0 Å². The molecule has 20 heavy (non-hydrogen) atoms. The molecule has 0 aliphatic carbocycles. The Labute approximate surface area is 140 Å². The zero-order chi connectivity index (χ0) is 14.7. The van der Waals surface area contributed by atoms with Crippen molar-refractivity contribution in [3.8, 4) is 11.5 Å². The lowest BCUT2D eigenvalue weighted by molar-refractivity contribution is -0.385. The minimum absolute atomic E-state index is 0.0254. The van der Waals surface area contributed by atoms with Crippen molar-refractivity contribution in [2.24, 2.45) is 0 Å². The van der Waals surface area contributed by atoms with E-state index < -0.39 is 4.92 Å². The molecule has 0 aliphatic rings. The van der Waals surface area contributed by atoms with Crippen LogP contribution >= 0.6 is 47.8 Å². The summed E-state index contributed by atoms with van der Waals surface area (Å²) in [5, 5.41) is 11.6. The molecule has 0 fully saturated rings. The molecule has 0 aromatic heterocycles. The van der Waals surface area contributed by atoms with Crippen molar-refractivity contribution in [2.45, 2.75) is 5.33 Å². The SMILES string of the molecule is O=[N+]([O-])c1cc(Br)cc(Oc2ccc(CBr)cc2Br)c1. The summed E-state index contributed by atoms with van der Waals surface area (Å²) < 4.78 is 7.07. The van der Waals surface area contributed by atoms with E-state index >= 15 is 0 Å². The summed E-state index contributed by atoms with van der Waals surface area (Å²) in [5.74, 6) is 1.00. The first-order chi connectivity index (χ1) is 9.49. The second-order valence-corrected chi connectivity index (χ2v) is 6.23. The van der Waals surface area contributed by atoms with Crippen LogP contribution in [0.1, 0.15) is 5.56 Å². The van der Waals surface area contributed by atoms with Crippen molar-refractivity contribution >= 4 is 53.5 Å². The van der Waals surface area contributed by atoms with Gasteiger partial charge in [-0.25, -0.2) is 0 Å². The maximum atomic E-state index is 10.8.